The summed E-state index contributed by atoms with van der Waals surface area (Å²) in [6, 6.07) is 7.68. The molecule has 0 saturated carbocycles. The smallest absolute Gasteiger partial charge is 0.251 e. The van der Waals surface area contributed by atoms with E-state index < -0.39 is 0 Å². The molecule has 1 aromatic carbocycles. The Bertz CT molecular complexity index is 440. The minimum absolute atomic E-state index is 0.0109. The normalized spacial score (nSPS) is 18.0. The van der Waals surface area contributed by atoms with Crippen molar-refractivity contribution in [3.05, 3.63) is 35.4 Å². The number of ether oxygens (including phenoxy) is 1. The van der Waals surface area contributed by atoms with Crippen molar-refractivity contribution < 1.29 is 9.53 Å². The van der Waals surface area contributed by atoms with Crippen molar-refractivity contribution in [2.24, 2.45) is 5.73 Å². The van der Waals surface area contributed by atoms with E-state index in [0.717, 1.165) is 24.8 Å². The van der Waals surface area contributed by atoms with Gasteiger partial charge >= 0.3 is 0 Å². The maximum absolute atomic E-state index is 12.3. The van der Waals surface area contributed by atoms with Crippen LogP contribution in [0.4, 0.5) is 0 Å². The molecule has 0 atom stereocenters. The second-order valence-corrected chi connectivity index (χ2v) is 5.37. The van der Waals surface area contributed by atoms with Gasteiger partial charge in [0.25, 0.3) is 5.91 Å². The molecule has 4 heteroatoms. The van der Waals surface area contributed by atoms with E-state index in [1.807, 2.05) is 24.3 Å². The predicted octanol–water partition coefficient (Wildman–Crippen LogP) is 1.49. The van der Waals surface area contributed by atoms with Gasteiger partial charge in [-0.2, -0.15) is 0 Å². The van der Waals surface area contributed by atoms with Crippen molar-refractivity contribution in [1.29, 1.82) is 0 Å². The maximum Gasteiger partial charge on any atom is 0.251 e. The molecular weight excluding hydrogens is 240 g/mol. The second kappa shape index (κ2) is 6.17. The molecule has 1 saturated heterocycles. The summed E-state index contributed by atoms with van der Waals surface area (Å²) in [5, 5.41) is 3.13. The highest BCUT2D eigenvalue weighted by Crippen LogP contribution is 2.20. The quantitative estimate of drug-likeness (QED) is 0.864. The first-order valence-electron chi connectivity index (χ1n) is 6.82. The van der Waals surface area contributed by atoms with Crippen LogP contribution >= 0.6 is 0 Å². The zero-order chi connectivity index (χ0) is 13.7. The Morgan fingerprint density at radius 3 is 2.84 bits per heavy atom. The van der Waals surface area contributed by atoms with E-state index >= 15 is 0 Å². The van der Waals surface area contributed by atoms with Gasteiger partial charge in [0.15, 0.2) is 0 Å². The standard InChI is InChI=1S/C15H22N2O2/c1-15(6-9-19-10-7-15)17-14(18)13-4-2-3-12(11-13)5-8-16/h2-4,11H,5-10,16H2,1H3,(H,17,18). The third-order valence-corrected chi connectivity index (χ3v) is 3.63. The summed E-state index contributed by atoms with van der Waals surface area (Å²) < 4.78 is 5.34. The molecule has 0 spiro atoms. The van der Waals surface area contributed by atoms with Crippen LogP contribution in [0.2, 0.25) is 0 Å². The number of nitrogens with two attached hydrogens (primary N) is 1. The first-order chi connectivity index (χ1) is 9.13. The summed E-state index contributed by atoms with van der Waals surface area (Å²) in [6.07, 6.45) is 2.52. The van der Waals surface area contributed by atoms with Crippen LogP contribution in [0.1, 0.15) is 35.7 Å². The Kier molecular flexibility index (Phi) is 4.56. The third-order valence-electron chi connectivity index (χ3n) is 3.63. The number of nitrogens with one attached hydrogen (secondary N) is 1. The topological polar surface area (TPSA) is 64.4 Å². The highest BCUT2D eigenvalue weighted by Gasteiger charge is 2.29. The maximum atomic E-state index is 12.3. The highest BCUT2D eigenvalue weighted by molar-refractivity contribution is 5.94. The summed E-state index contributed by atoms with van der Waals surface area (Å²) >= 11 is 0. The molecule has 1 aromatic rings. The average molecular weight is 262 g/mol. The number of carbonyl (C=O) groups excluding carboxylic acids is 1. The number of benzene rings is 1. The Morgan fingerprint density at radius 1 is 1.42 bits per heavy atom. The number of rotatable bonds is 4. The third kappa shape index (κ3) is 3.78. The summed E-state index contributed by atoms with van der Waals surface area (Å²) in [5.41, 5.74) is 7.20. The van der Waals surface area contributed by atoms with Gasteiger partial charge in [-0.05, 0) is 50.4 Å². The lowest BCUT2D eigenvalue weighted by Crippen LogP contribution is -2.49. The van der Waals surface area contributed by atoms with Crippen LogP contribution in [0, 0.1) is 0 Å². The van der Waals surface area contributed by atoms with Crippen molar-refractivity contribution >= 4 is 5.91 Å². The van der Waals surface area contributed by atoms with E-state index in [2.05, 4.69) is 12.2 Å². The van der Waals surface area contributed by atoms with E-state index in [-0.39, 0.29) is 11.4 Å². The average Bonchev–Trinajstić information content (AvgIpc) is 2.40. The number of carbonyl (C=O) groups is 1. The molecule has 0 aromatic heterocycles. The van der Waals surface area contributed by atoms with Crippen LogP contribution in [0.5, 0.6) is 0 Å². The van der Waals surface area contributed by atoms with E-state index in [1.54, 1.807) is 0 Å². The van der Waals surface area contributed by atoms with Crippen molar-refractivity contribution in [2.45, 2.75) is 31.7 Å². The van der Waals surface area contributed by atoms with Gasteiger partial charge in [-0.3, -0.25) is 4.79 Å². The van der Waals surface area contributed by atoms with E-state index in [4.69, 9.17) is 10.5 Å². The van der Waals surface area contributed by atoms with E-state index in [0.29, 0.717) is 25.3 Å². The number of hydrogen-bond donors (Lipinski definition) is 2. The van der Waals surface area contributed by atoms with E-state index in [9.17, 15) is 4.79 Å². The molecule has 1 aliphatic heterocycles. The van der Waals surface area contributed by atoms with Crippen LogP contribution in [-0.2, 0) is 11.2 Å². The molecule has 1 heterocycles. The highest BCUT2D eigenvalue weighted by atomic mass is 16.5. The summed E-state index contributed by atoms with van der Waals surface area (Å²) in [5.74, 6) is -0.0109. The SMILES string of the molecule is CC1(NC(=O)c2cccc(CCN)c2)CCOCC1. The minimum atomic E-state index is -0.154. The van der Waals surface area contributed by atoms with Gasteiger partial charge in [0, 0.05) is 24.3 Å². The number of hydrogen-bond acceptors (Lipinski definition) is 3. The van der Waals surface area contributed by atoms with Crippen LogP contribution in [-0.4, -0.2) is 31.2 Å². The first kappa shape index (κ1) is 14.0. The molecule has 4 nitrogen and oxygen atoms in total. The molecule has 1 fully saturated rings. The Hall–Kier alpha value is -1.39. The Balaban J connectivity index is 2.04. The van der Waals surface area contributed by atoms with Crippen LogP contribution in [0.25, 0.3) is 0 Å². The molecular formula is C15H22N2O2. The van der Waals surface area contributed by atoms with Crippen molar-refractivity contribution in [2.75, 3.05) is 19.8 Å². The van der Waals surface area contributed by atoms with Crippen LogP contribution in [0.15, 0.2) is 24.3 Å². The van der Waals surface area contributed by atoms with Crippen LogP contribution in [0.3, 0.4) is 0 Å². The largest absolute Gasteiger partial charge is 0.381 e. The fourth-order valence-electron chi connectivity index (χ4n) is 2.33. The zero-order valence-electron chi connectivity index (χ0n) is 11.4. The van der Waals surface area contributed by atoms with Crippen LogP contribution < -0.4 is 11.1 Å². The van der Waals surface area contributed by atoms with Gasteiger partial charge in [-0.1, -0.05) is 12.1 Å². The second-order valence-electron chi connectivity index (χ2n) is 5.37. The molecule has 2 rings (SSSR count). The van der Waals surface area contributed by atoms with Gasteiger partial charge in [0.1, 0.15) is 0 Å². The van der Waals surface area contributed by atoms with Gasteiger partial charge in [0.05, 0.1) is 0 Å². The molecule has 1 aliphatic rings. The van der Waals surface area contributed by atoms with Gasteiger partial charge in [-0.15, -0.1) is 0 Å². The Labute approximate surface area is 114 Å². The molecule has 3 N–H and O–H groups in total. The molecule has 0 aliphatic carbocycles. The van der Waals surface area contributed by atoms with Crippen molar-refractivity contribution in [3.63, 3.8) is 0 Å². The summed E-state index contributed by atoms with van der Waals surface area (Å²) in [4.78, 5) is 12.3. The minimum Gasteiger partial charge on any atom is -0.381 e. The summed E-state index contributed by atoms with van der Waals surface area (Å²) in [6.45, 7) is 4.10. The van der Waals surface area contributed by atoms with Gasteiger partial charge in [-0.25, -0.2) is 0 Å². The summed E-state index contributed by atoms with van der Waals surface area (Å²) in [7, 11) is 0. The monoisotopic (exact) mass is 262 g/mol. The molecule has 0 radical (unpaired) electrons. The van der Waals surface area contributed by atoms with Crippen molar-refractivity contribution in [3.8, 4) is 0 Å². The lowest BCUT2D eigenvalue weighted by Gasteiger charge is -2.34. The molecule has 104 valence electrons. The molecule has 1 amide bonds. The van der Waals surface area contributed by atoms with Gasteiger partial charge in [0.2, 0.25) is 0 Å². The lowest BCUT2D eigenvalue weighted by molar-refractivity contribution is 0.0423. The molecule has 0 bridgehead atoms. The van der Waals surface area contributed by atoms with E-state index in [1.165, 1.54) is 0 Å². The molecule has 0 unspecified atom stereocenters. The fraction of sp³-hybridized carbons (Fsp3) is 0.533. The fourth-order valence-corrected chi connectivity index (χ4v) is 2.33. The lowest BCUT2D eigenvalue weighted by atomic mass is 9.92. The van der Waals surface area contributed by atoms with Gasteiger partial charge < -0.3 is 15.8 Å². The first-order valence-corrected chi connectivity index (χ1v) is 6.82. The zero-order valence-corrected chi connectivity index (χ0v) is 11.4. The van der Waals surface area contributed by atoms with Crippen molar-refractivity contribution in [1.82, 2.24) is 5.32 Å². The number of amides is 1. The molecule has 19 heavy (non-hydrogen) atoms. The Morgan fingerprint density at radius 2 is 2.16 bits per heavy atom. The predicted molar refractivity (Wildman–Crippen MR) is 75.1 cm³/mol.